The highest BCUT2D eigenvalue weighted by Crippen LogP contribution is 2.22. The summed E-state index contributed by atoms with van der Waals surface area (Å²) in [7, 11) is -0.802. The van der Waals surface area contributed by atoms with Crippen molar-refractivity contribution in [1.29, 1.82) is 0 Å². The lowest BCUT2D eigenvalue weighted by atomic mass is 10.0. The van der Waals surface area contributed by atoms with Gasteiger partial charge in [0.1, 0.15) is 0 Å². The van der Waals surface area contributed by atoms with Crippen LogP contribution in [0.5, 0.6) is 0 Å². The van der Waals surface area contributed by atoms with Crippen LogP contribution in [0.2, 0.25) is 0 Å². The van der Waals surface area contributed by atoms with Crippen molar-refractivity contribution in [2.75, 3.05) is 12.3 Å². The smallest absolute Gasteiger partial charge is 0.0437 e. The Morgan fingerprint density at radius 3 is 2.48 bits per heavy atom. The van der Waals surface area contributed by atoms with Crippen LogP contribution in [0.1, 0.15) is 38.8 Å². The Morgan fingerprint density at radius 1 is 1.10 bits per heavy atom. The molecule has 0 radical (unpaired) electrons. The number of hydrogen-bond acceptors (Lipinski definition) is 2. The summed E-state index contributed by atoms with van der Waals surface area (Å²) in [6.45, 7) is 7.15. The van der Waals surface area contributed by atoms with Crippen LogP contribution in [0, 0.1) is 0 Å². The van der Waals surface area contributed by atoms with Gasteiger partial charge in [-0.05, 0) is 35.4 Å². The zero-order valence-corrected chi connectivity index (χ0v) is 14.0. The van der Waals surface area contributed by atoms with Gasteiger partial charge in [-0.15, -0.1) is 0 Å². The first-order valence-corrected chi connectivity index (χ1v) is 9.09. The van der Waals surface area contributed by atoms with E-state index in [1.807, 2.05) is 13.8 Å². The summed E-state index contributed by atoms with van der Waals surface area (Å²) in [6.07, 6.45) is 1.08. The molecule has 21 heavy (non-hydrogen) atoms. The normalized spacial score (nSPS) is 14.5. The first-order chi connectivity index (χ1) is 10.1. The zero-order valence-electron chi connectivity index (χ0n) is 13.1. The summed E-state index contributed by atoms with van der Waals surface area (Å²) >= 11 is 0. The molecule has 2 aromatic carbocycles. The summed E-state index contributed by atoms with van der Waals surface area (Å²) in [5, 5.41) is 6.24. The molecular weight excluding hydrogens is 278 g/mol. The molecule has 2 nitrogen and oxygen atoms in total. The molecule has 0 spiro atoms. The van der Waals surface area contributed by atoms with E-state index in [0.717, 1.165) is 13.0 Å². The van der Waals surface area contributed by atoms with E-state index in [1.54, 1.807) is 0 Å². The van der Waals surface area contributed by atoms with Crippen LogP contribution in [0.3, 0.4) is 0 Å². The summed E-state index contributed by atoms with van der Waals surface area (Å²) in [4.78, 5) is 0. The van der Waals surface area contributed by atoms with Crippen LogP contribution in [0.4, 0.5) is 0 Å². The Bertz CT molecular complexity index is 609. The van der Waals surface area contributed by atoms with E-state index >= 15 is 0 Å². The highest BCUT2D eigenvalue weighted by atomic mass is 32.2. The average molecular weight is 303 g/mol. The third-order valence-corrected chi connectivity index (χ3v) is 5.39. The molecule has 2 aromatic rings. The van der Waals surface area contributed by atoms with Gasteiger partial charge in [0, 0.05) is 27.8 Å². The lowest BCUT2D eigenvalue weighted by Gasteiger charge is -2.20. The highest BCUT2D eigenvalue weighted by molar-refractivity contribution is 7.85. The lowest BCUT2D eigenvalue weighted by molar-refractivity contribution is 0.568. The molecule has 0 aliphatic heterocycles. The maximum atomic E-state index is 12.2. The van der Waals surface area contributed by atoms with Gasteiger partial charge >= 0.3 is 0 Å². The molecule has 0 aliphatic rings. The molecule has 114 valence electrons. The predicted molar refractivity (Wildman–Crippen MR) is 93.1 cm³/mol. The predicted octanol–water partition coefficient (Wildman–Crippen LogP) is 4.04. The molecule has 0 saturated carbocycles. The molecule has 2 atom stereocenters. The van der Waals surface area contributed by atoms with E-state index < -0.39 is 10.8 Å². The SMILES string of the molecule is CCCNC(CS(=O)C(C)C)c1ccc2ccccc2c1. The van der Waals surface area contributed by atoms with Crippen LogP contribution in [-0.2, 0) is 10.8 Å². The minimum Gasteiger partial charge on any atom is -0.309 e. The van der Waals surface area contributed by atoms with Gasteiger partial charge in [-0.3, -0.25) is 4.21 Å². The van der Waals surface area contributed by atoms with E-state index in [1.165, 1.54) is 16.3 Å². The molecule has 0 aromatic heterocycles. The van der Waals surface area contributed by atoms with Gasteiger partial charge in [0.25, 0.3) is 0 Å². The van der Waals surface area contributed by atoms with Gasteiger partial charge in [-0.25, -0.2) is 0 Å². The molecule has 0 bridgehead atoms. The molecule has 0 fully saturated rings. The van der Waals surface area contributed by atoms with Gasteiger partial charge < -0.3 is 5.32 Å². The minimum absolute atomic E-state index is 0.165. The van der Waals surface area contributed by atoms with Crippen molar-refractivity contribution in [1.82, 2.24) is 5.32 Å². The maximum Gasteiger partial charge on any atom is 0.0437 e. The number of hydrogen-bond donors (Lipinski definition) is 1. The maximum absolute atomic E-state index is 12.2. The molecule has 2 rings (SSSR count). The molecule has 1 N–H and O–H groups in total. The van der Waals surface area contributed by atoms with Crippen molar-refractivity contribution in [2.45, 2.75) is 38.5 Å². The van der Waals surface area contributed by atoms with Crippen molar-refractivity contribution < 1.29 is 4.21 Å². The van der Waals surface area contributed by atoms with E-state index in [9.17, 15) is 4.21 Å². The van der Waals surface area contributed by atoms with Crippen molar-refractivity contribution in [3.63, 3.8) is 0 Å². The fraction of sp³-hybridized carbons (Fsp3) is 0.444. The van der Waals surface area contributed by atoms with Crippen LogP contribution >= 0.6 is 0 Å². The Morgan fingerprint density at radius 2 is 1.81 bits per heavy atom. The lowest BCUT2D eigenvalue weighted by Crippen LogP contribution is -2.29. The van der Waals surface area contributed by atoms with Crippen molar-refractivity contribution in [3.05, 3.63) is 48.0 Å². The van der Waals surface area contributed by atoms with Gasteiger partial charge in [0.2, 0.25) is 0 Å². The minimum atomic E-state index is -0.802. The molecule has 0 aliphatic carbocycles. The average Bonchev–Trinajstić information content (AvgIpc) is 2.50. The number of fused-ring (bicyclic) bond motifs is 1. The largest absolute Gasteiger partial charge is 0.309 e. The van der Waals surface area contributed by atoms with E-state index in [-0.39, 0.29) is 11.3 Å². The second-order valence-electron chi connectivity index (χ2n) is 5.71. The Balaban J connectivity index is 2.26. The summed E-state index contributed by atoms with van der Waals surface area (Å²) in [5.74, 6) is 0.677. The molecule has 0 heterocycles. The molecule has 0 amide bonds. The number of nitrogens with one attached hydrogen (secondary N) is 1. The molecule has 3 heteroatoms. The van der Waals surface area contributed by atoms with E-state index in [2.05, 4.69) is 54.7 Å². The molecular formula is C18H25NOS. The summed E-state index contributed by atoms with van der Waals surface area (Å²) in [5.41, 5.74) is 1.23. The van der Waals surface area contributed by atoms with Gasteiger partial charge in [-0.2, -0.15) is 0 Å². The highest BCUT2D eigenvalue weighted by Gasteiger charge is 2.16. The fourth-order valence-electron chi connectivity index (χ4n) is 2.37. The van der Waals surface area contributed by atoms with Crippen LogP contribution < -0.4 is 5.32 Å². The van der Waals surface area contributed by atoms with Crippen molar-refractivity contribution >= 4 is 21.6 Å². The Hall–Kier alpha value is -1.19. The third-order valence-electron chi connectivity index (χ3n) is 3.67. The second-order valence-corrected chi connectivity index (χ2v) is 7.75. The second kappa shape index (κ2) is 7.71. The first kappa shape index (κ1) is 16.2. The van der Waals surface area contributed by atoms with E-state index in [0.29, 0.717) is 5.75 Å². The standard InChI is InChI=1S/C18H25NOS/c1-4-11-19-18(13-21(20)14(2)3)17-10-9-15-7-5-6-8-16(15)12-17/h5-10,12,14,18-19H,4,11,13H2,1-3H3. The van der Waals surface area contributed by atoms with Gasteiger partial charge in [0.15, 0.2) is 0 Å². The summed E-state index contributed by atoms with van der Waals surface area (Å²) in [6, 6.07) is 15.1. The van der Waals surface area contributed by atoms with Crippen LogP contribution in [-0.4, -0.2) is 21.8 Å². The Kier molecular flexibility index (Phi) is 5.95. The van der Waals surface area contributed by atoms with Crippen LogP contribution in [0.15, 0.2) is 42.5 Å². The quantitative estimate of drug-likeness (QED) is 0.836. The van der Waals surface area contributed by atoms with Crippen molar-refractivity contribution in [3.8, 4) is 0 Å². The number of benzene rings is 2. The van der Waals surface area contributed by atoms with Gasteiger partial charge in [0.05, 0.1) is 0 Å². The monoisotopic (exact) mass is 303 g/mol. The third kappa shape index (κ3) is 4.39. The van der Waals surface area contributed by atoms with Gasteiger partial charge in [-0.1, -0.05) is 57.2 Å². The first-order valence-electron chi connectivity index (χ1n) is 7.71. The Labute approximate surface area is 130 Å². The fourth-order valence-corrected chi connectivity index (χ4v) is 3.40. The topological polar surface area (TPSA) is 29.1 Å². The number of rotatable bonds is 7. The van der Waals surface area contributed by atoms with Crippen LogP contribution in [0.25, 0.3) is 10.8 Å². The zero-order chi connectivity index (χ0) is 15.2. The molecule has 0 saturated heterocycles. The van der Waals surface area contributed by atoms with Crippen molar-refractivity contribution in [2.24, 2.45) is 0 Å². The summed E-state index contributed by atoms with van der Waals surface area (Å²) < 4.78 is 12.2. The molecule has 2 unspecified atom stereocenters. The van der Waals surface area contributed by atoms with E-state index in [4.69, 9.17) is 0 Å².